The van der Waals surface area contributed by atoms with Crippen LogP contribution in [-0.4, -0.2) is 4.98 Å². The Morgan fingerprint density at radius 2 is 1.87 bits per heavy atom. The molecule has 0 aliphatic heterocycles. The van der Waals surface area contributed by atoms with Crippen molar-refractivity contribution in [1.29, 1.82) is 0 Å². The van der Waals surface area contributed by atoms with Gasteiger partial charge in [0.1, 0.15) is 5.82 Å². The summed E-state index contributed by atoms with van der Waals surface area (Å²) in [4.78, 5) is 3.91. The Morgan fingerprint density at radius 1 is 1.13 bits per heavy atom. The van der Waals surface area contributed by atoms with Crippen molar-refractivity contribution in [3.63, 3.8) is 0 Å². The van der Waals surface area contributed by atoms with Gasteiger partial charge in [0.15, 0.2) is 0 Å². The monoisotopic (exact) mass is 219 g/mol. The van der Waals surface area contributed by atoms with Gasteiger partial charge in [-0.15, -0.1) is 0 Å². The molecule has 15 heavy (non-hydrogen) atoms. The second kappa shape index (κ2) is 4.45. The molecule has 0 atom stereocenters. The van der Waals surface area contributed by atoms with Gasteiger partial charge >= 0.3 is 0 Å². The molecule has 0 spiro atoms. The van der Waals surface area contributed by atoms with Gasteiger partial charge in [-0.25, -0.2) is 4.39 Å². The van der Waals surface area contributed by atoms with Crippen molar-refractivity contribution in [1.82, 2.24) is 4.98 Å². The maximum atomic E-state index is 13.7. The highest BCUT2D eigenvalue weighted by Gasteiger charge is 2.08. The van der Waals surface area contributed by atoms with Crippen LogP contribution >= 0.6 is 12.6 Å². The third-order valence-corrected chi connectivity index (χ3v) is 2.58. The van der Waals surface area contributed by atoms with Crippen molar-refractivity contribution in [2.45, 2.75) is 5.75 Å². The highest BCUT2D eigenvalue weighted by molar-refractivity contribution is 7.79. The van der Waals surface area contributed by atoms with E-state index in [2.05, 4.69) is 17.6 Å². The molecule has 1 aromatic heterocycles. The largest absolute Gasteiger partial charge is 0.265 e. The van der Waals surface area contributed by atoms with Crippen LogP contribution in [0.3, 0.4) is 0 Å². The number of hydrogen-bond donors (Lipinski definition) is 1. The van der Waals surface area contributed by atoms with E-state index in [9.17, 15) is 4.39 Å². The molecule has 0 unspecified atom stereocenters. The number of nitrogens with zero attached hydrogens (tertiary/aromatic N) is 1. The Labute approximate surface area is 93.4 Å². The molecule has 1 aromatic carbocycles. The third-order valence-electron chi connectivity index (χ3n) is 2.24. The van der Waals surface area contributed by atoms with E-state index in [1.165, 1.54) is 6.07 Å². The summed E-state index contributed by atoms with van der Waals surface area (Å²) in [6.45, 7) is 0. The SMILES string of the molecule is Fc1cccc(CS)c1-c1ccncc1. The molecule has 1 nitrogen and oxygen atoms in total. The Hall–Kier alpha value is -1.35. The Bertz CT molecular complexity index is 456. The number of rotatable bonds is 2. The van der Waals surface area contributed by atoms with Gasteiger partial charge in [0, 0.05) is 23.7 Å². The lowest BCUT2D eigenvalue weighted by molar-refractivity contribution is 0.630. The van der Waals surface area contributed by atoms with Gasteiger partial charge < -0.3 is 0 Å². The normalized spacial score (nSPS) is 10.3. The van der Waals surface area contributed by atoms with Gasteiger partial charge in [-0.3, -0.25) is 4.98 Å². The fourth-order valence-electron chi connectivity index (χ4n) is 1.54. The average Bonchev–Trinajstić information content (AvgIpc) is 2.29. The maximum Gasteiger partial charge on any atom is 0.131 e. The molecule has 2 rings (SSSR count). The van der Waals surface area contributed by atoms with Crippen LogP contribution in [0.2, 0.25) is 0 Å². The van der Waals surface area contributed by atoms with Crippen LogP contribution < -0.4 is 0 Å². The number of hydrogen-bond acceptors (Lipinski definition) is 2. The third kappa shape index (κ3) is 2.02. The Morgan fingerprint density at radius 3 is 2.53 bits per heavy atom. The molecule has 0 saturated heterocycles. The number of thiol groups is 1. The first-order valence-corrected chi connectivity index (χ1v) is 5.25. The summed E-state index contributed by atoms with van der Waals surface area (Å²) in [5, 5.41) is 0. The van der Waals surface area contributed by atoms with E-state index in [4.69, 9.17) is 0 Å². The molecule has 76 valence electrons. The van der Waals surface area contributed by atoms with E-state index in [-0.39, 0.29) is 5.82 Å². The topological polar surface area (TPSA) is 12.9 Å². The molecular weight excluding hydrogens is 209 g/mol. The number of halogens is 1. The van der Waals surface area contributed by atoms with Crippen molar-refractivity contribution < 1.29 is 4.39 Å². The van der Waals surface area contributed by atoms with E-state index >= 15 is 0 Å². The number of benzene rings is 1. The van der Waals surface area contributed by atoms with Gasteiger partial charge in [0.2, 0.25) is 0 Å². The highest BCUT2D eigenvalue weighted by Crippen LogP contribution is 2.27. The summed E-state index contributed by atoms with van der Waals surface area (Å²) in [6.07, 6.45) is 3.31. The van der Waals surface area contributed by atoms with Crippen LogP contribution in [0.1, 0.15) is 5.56 Å². The van der Waals surface area contributed by atoms with Gasteiger partial charge in [-0.1, -0.05) is 12.1 Å². The second-order valence-electron chi connectivity index (χ2n) is 3.17. The van der Waals surface area contributed by atoms with Crippen LogP contribution in [0, 0.1) is 5.82 Å². The first-order valence-electron chi connectivity index (χ1n) is 4.61. The summed E-state index contributed by atoms with van der Waals surface area (Å²) in [5.41, 5.74) is 2.35. The number of pyridine rings is 1. The molecule has 0 aliphatic rings. The molecule has 1 heterocycles. The molecule has 0 aliphatic carbocycles. The van der Waals surface area contributed by atoms with Gasteiger partial charge in [-0.2, -0.15) is 12.6 Å². The predicted molar refractivity (Wildman–Crippen MR) is 62.3 cm³/mol. The first kappa shape index (κ1) is 10.2. The first-order chi connectivity index (χ1) is 7.33. The zero-order valence-corrected chi connectivity index (χ0v) is 8.92. The fourth-order valence-corrected chi connectivity index (χ4v) is 1.81. The summed E-state index contributed by atoms with van der Waals surface area (Å²) in [6, 6.07) is 8.64. The zero-order chi connectivity index (χ0) is 10.7. The van der Waals surface area contributed by atoms with Crippen molar-refractivity contribution >= 4 is 12.6 Å². The van der Waals surface area contributed by atoms with Crippen molar-refractivity contribution in [2.75, 3.05) is 0 Å². The van der Waals surface area contributed by atoms with Crippen LogP contribution in [-0.2, 0) is 5.75 Å². The minimum atomic E-state index is -0.215. The molecular formula is C12H10FNS. The smallest absolute Gasteiger partial charge is 0.131 e. The van der Waals surface area contributed by atoms with Gasteiger partial charge in [0.25, 0.3) is 0 Å². The van der Waals surface area contributed by atoms with Crippen LogP contribution in [0.25, 0.3) is 11.1 Å². The lowest BCUT2D eigenvalue weighted by Gasteiger charge is -2.08. The summed E-state index contributed by atoms with van der Waals surface area (Å²) in [7, 11) is 0. The molecule has 3 heteroatoms. The van der Waals surface area contributed by atoms with E-state index in [0.717, 1.165) is 11.1 Å². The van der Waals surface area contributed by atoms with Crippen LogP contribution in [0.15, 0.2) is 42.7 Å². The minimum Gasteiger partial charge on any atom is -0.265 e. The number of aromatic nitrogens is 1. The molecule has 0 amide bonds. The van der Waals surface area contributed by atoms with Gasteiger partial charge in [-0.05, 0) is 29.3 Å². The molecule has 2 aromatic rings. The summed E-state index contributed by atoms with van der Waals surface area (Å²) < 4.78 is 13.7. The quantitative estimate of drug-likeness (QED) is 0.764. The van der Waals surface area contributed by atoms with Crippen molar-refractivity contribution in [3.8, 4) is 11.1 Å². The Kier molecular flexibility index (Phi) is 3.02. The predicted octanol–water partition coefficient (Wildman–Crippen LogP) is 3.32. The van der Waals surface area contributed by atoms with Crippen LogP contribution in [0.4, 0.5) is 4.39 Å². The highest BCUT2D eigenvalue weighted by atomic mass is 32.1. The van der Waals surface area contributed by atoms with Crippen LogP contribution in [0.5, 0.6) is 0 Å². The van der Waals surface area contributed by atoms with Crippen molar-refractivity contribution in [3.05, 3.63) is 54.1 Å². The van der Waals surface area contributed by atoms with E-state index in [1.807, 2.05) is 6.07 Å². The standard InChI is InChI=1S/C12H10FNS/c13-11-3-1-2-10(8-15)12(11)9-4-6-14-7-5-9/h1-7,15H,8H2. The fraction of sp³-hybridized carbons (Fsp3) is 0.0833. The second-order valence-corrected chi connectivity index (χ2v) is 3.48. The van der Waals surface area contributed by atoms with E-state index in [1.54, 1.807) is 30.6 Å². The molecule has 0 N–H and O–H groups in total. The average molecular weight is 219 g/mol. The van der Waals surface area contributed by atoms with E-state index in [0.29, 0.717) is 11.3 Å². The molecule has 0 radical (unpaired) electrons. The zero-order valence-electron chi connectivity index (χ0n) is 8.02. The molecule has 0 saturated carbocycles. The summed E-state index contributed by atoms with van der Waals surface area (Å²) >= 11 is 4.20. The lowest BCUT2D eigenvalue weighted by Crippen LogP contribution is -1.91. The maximum absolute atomic E-state index is 13.7. The van der Waals surface area contributed by atoms with Crippen molar-refractivity contribution in [2.24, 2.45) is 0 Å². The Balaban J connectivity index is 2.61. The molecule has 0 fully saturated rings. The van der Waals surface area contributed by atoms with Gasteiger partial charge in [0.05, 0.1) is 0 Å². The minimum absolute atomic E-state index is 0.215. The molecule has 0 bridgehead atoms. The summed E-state index contributed by atoms with van der Waals surface area (Å²) in [5.74, 6) is 0.308. The van der Waals surface area contributed by atoms with E-state index < -0.39 is 0 Å². The lowest BCUT2D eigenvalue weighted by atomic mass is 10.0.